The van der Waals surface area contributed by atoms with Crippen LogP contribution in [0.4, 0.5) is 9.59 Å². The van der Waals surface area contributed by atoms with E-state index in [-0.39, 0.29) is 31.9 Å². The van der Waals surface area contributed by atoms with E-state index in [1.165, 1.54) is 9.80 Å². The lowest BCUT2D eigenvalue weighted by molar-refractivity contribution is -0.150. The van der Waals surface area contributed by atoms with Crippen LogP contribution in [0.25, 0.3) is 0 Å². The lowest BCUT2D eigenvalue weighted by atomic mass is 9.84. The molecule has 5 aromatic carbocycles. The molecule has 1 heterocycles. The fourth-order valence-corrected chi connectivity index (χ4v) is 10.2. The van der Waals surface area contributed by atoms with Gasteiger partial charge in [-0.05, 0) is 60.1 Å². The van der Waals surface area contributed by atoms with Gasteiger partial charge in [0, 0.05) is 25.3 Å². The number of nitrogens with zero attached hydrogens (tertiary/aromatic N) is 2. The highest BCUT2D eigenvalue weighted by Gasteiger charge is 2.45. The van der Waals surface area contributed by atoms with Crippen molar-refractivity contribution in [3.8, 4) is 0 Å². The zero-order valence-electron chi connectivity index (χ0n) is 40.5. The first kappa shape index (κ1) is 52.2. The number of carbonyl (C=O) groups is 6. The number of ether oxygens (including phenoxy) is 3. The number of carbonyl (C=O) groups excluding carboxylic acids is 6. The molecule has 0 aliphatic carbocycles. The van der Waals surface area contributed by atoms with Gasteiger partial charge in [-0.3, -0.25) is 19.3 Å². The maximum Gasteiger partial charge on any atom is 0.410 e. The Morgan fingerprint density at radius 2 is 1.26 bits per heavy atom. The minimum Gasteiger partial charge on any atom is -0.467 e. The molecule has 0 bridgehead atoms. The Morgan fingerprint density at radius 1 is 0.743 bits per heavy atom. The molecule has 368 valence electrons. The van der Waals surface area contributed by atoms with Crippen molar-refractivity contribution in [1.29, 1.82) is 0 Å². The highest BCUT2D eigenvalue weighted by molar-refractivity contribution is 8.00. The van der Waals surface area contributed by atoms with Crippen LogP contribution in [0.15, 0.2) is 146 Å². The van der Waals surface area contributed by atoms with E-state index >= 15 is 4.79 Å². The minimum atomic E-state index is -1.42. The van der Waals surface area contributed by atoms with Crippen LogP contribution in [0.2, 0.25) is 0 Å². The molecular formula is C55H63N5O9S. The molecule has 0 saturated carbocycles. The van der Waals surface area contributed by atoms with E-state index in [2.05, 4.69) is 47.0 Å². The summed E-state index contributed by atoms with van der Waals surface area (Å²) in [6.45, 7) is 8.49. The smallest absolute Gasteiger partial charge is 0.410 e. The van der Waals surface area contributed by atoms with E-state index < -0.39 is 82.7 Å². The quantitative estimate of drug-likeness (QED) is 0.0420. The standard InChI is InChI=1S/C55H63N5O9S/c1-37(2)48(50(63)59-33-40-24-20-19-23-39(40)31-46(59)49(62)58-45(32-47(56)61)51(64)67-6)60(53(66)68-35-38-21-11-7-12-22-38)34-44(57-52(65)69-54(3,4)5)36-70-55(41-25-13-8-14-26-41,42-27-15-9-16-28-42)43-29-17-10-18-30-43/h7-30,37,44-46,48H,31-36H2,1-6H3,(H2,56,61)(H,57,65)(H,58,62)/t44-,45+,46+,48+/m1/s1. The van der Waals surface area contributed by atoms with Gasteiger partial charge in [-0.2, -0.15) is 0 Å². The van der Waals surface area contributed by atoms with Crippen LogP contribution in [0, 0.1) is 5.92 Å². The first-order valence-corrected chi connectivity index (χ1v) is 24.3. The summed E-state index contributed by atoms with van der Waals surface area (Å²) in [5, 5.41) is 5.67. The number of hydrogen-bond donors (Lipinski definition) is 3. The number of nitrogens with one attached hydrogen (secondary N) is 2. The number of primary amides is 1. The Morgan fingerprint density at radius 3 is 1.76 bits per heavy atom. The van der Waals surface area contributed by atoms with Crippen LogP contribution >= 0.6 is 11.8 Å². The molecule has 5 amide bonds. The molecule has 4 N–H and O–H groups in total. The zero-order chi connectivity index (χ0) is 50.4. The topological polar surface area (TPSA) is 187 Å². The number of methoxy groups -OCH3 is 1. The van der Waals surface area contributed by atoms with Crippen LogP contribution in [0.3, 0.4) is 0 Å². The molecule has 5 aromatic rings. The number of nitrogens with two attached hydrogens (primary N) is 1. The number of amides is 5. The summed E-state index contributed by atoms with van der Waals surface area (Å²) >= 11 is 1.56. The van der Waals surface area contributed by atoms with E-state index in [1.807, 2.05) is 109 Å². The van der Waals surface area contributed by atoms with Crippen molar-refractivity contribution in [2.75, 3.05) is 19.4 Å². The molecular weight excluding hydrogens is 907 g/mol. The third-order valence-electron chi connectivity index (χ3n) is 11.9. The second-order valence-electron chi connectivity index (χ2n) is 18.5. The minimum absolute atomic E-state index is 0.0227. The molecule has 1 aliphatic rings. The van der Waals surface area contributed by atoms with Crippen molar-refractivity contribution in [2.45, 2.75) is 95.1 Å². The number of rotatable bonds is 19. The second kappa shape index (κ2) is 23.9. The Hall–Kier alpha value is -7.13. The number of alkyl carbamates (subject to hydrolysis) is 1. The second-order valence-corrected chi connectivity index (χ2v) is 19.8. The summed E-state index contributed by atoms with van der Waals surface area (Å²) in [5.74, 6) is -3.42. The molecule has 0 fully saturated rings. The van der Waals surface area contributed by atoms with Gasteiger partial charge in [0.15, 0.2) is 0 Å². The number of thioether (sulfide) groups is 1. The van der Waals surface area contributed by atoms with Crippen LogP contribution < -0.4 is 16.4 Å². The third-order valence-corrected chi connectivity index (χ3v) is 13.6. The van der Waals surface area contributed by atoms with Gasteiger partial charge in [-0.25, -0.2) is 14.4 Å². The van der Waals surface area contributed by atoms with Crippen molar-refractivity contribution in [3.05, 3.63) is 179 Å². The van der Waals surface area contributed by atoms with Gasteiger partial charge in [0.1, 0.15) is 30.3 Å². The molecule has 0 radical (unpaired) electrons. The monoisotopic (exact) mass is 969 g/mol. The fourth-order valence-electron chi connectivity index (χ4n) is 8.69. The highest BCUT2D eigenvalue weighted by atomic mass is 32.2. The SMILES string of the molecule is COC(=O)[C@H](CC(N)=O)NC(=O)[C@@H]1Cc2ccccc2CN1C(=O)[C@H](C(C)C)N(C[C@H](CSC(c1ccccc1)(c1ccccc1)c1ccccc1)NC(=O)OC(C)(C)C)C(=O)OCc1ccccc1. The summed E-state index contributed by atoms with van der Waals surface area (Å²) in [4.78, 5) is 86.5. The lowest BCUT2D eigenvalue weighted by Crippen LogP contribution is -2.62. The number of benzene rings is 5. The largest absolute Gasteiger partial charge is 0.467 e. The van der Waals surface area contributed by atoms with Crippen molar-refractivity contribution in [3.63, 3.8) is 0 Å². The summed E-state index contributed by atoms with van der Waals surface area (Å²) in [7, 11) is 1.13. The van der Waals surface area contributed by atoms with Gasteiger partial charge < -0.3 is 35.5 Å². The van der Waals surface area contributed by atoms with Crippen LogP contribution in [0.1, 0.15) is 74.4 Å². The van der Waals surface area contributed by atoms with Crippen LogP contribution in [0.5, 0.6) is 0 Å². The van der Waals surface area contributed by atoms with Crippen molar-refractivity contribution < 1.29 is 43.0 Å². The van der Waals surface area contributed by atoms with Crippen LogP contribution in [-0.2, 0) is 57.7 Å². The molecule has 0 aromatic heterocycles. The molecule has 0 saturated heterocycles. The molecule has 1 aliphatic heterocycles. The van der Waals surface area contributed by atoms with Crippen molar-refractivity contribution in [2.24, 2.45) is 11.7 Å². The Balaban J connectivity index is 1.45. The number of esters is 1. The number of fused-ring (bicyclic) bond motifs is 1. The van der Waals surface area contributed by atoms with Gasteiger partial charge in [0.25, 0.3) is 0 Å². The molecule has 0 spiro atoms. The summed E-state index contributed by atoms with van der Waals surface area (Å²) in [6, 6.07) is 41.9. The first-order chi connectivity index (χ1) is 33.5. The molecule has 4 atom stereocenters. The van der Waals surface area contributed by atoms with E-state index in [9.17, 15) is 24.0 Å². The van der Waals surface area contributed by atoms with Gasteiger partial charge in [0.2, 0.25) is 17.7 Å². The Bertz CT molecular complexity index is 2460. The Kier molecular flexibility index (Phi) is 17.9. The third kappa shape index (κ3) is 13.3. The lowest BCUT2D eigenvalue weighted by Gasteiger charge is -2.42. The molecule has 0 unspecified atom stereocenters. The predicted molar refractivity (Wildman–Crippen MR) is 269 cm³/mol. The Labute approximate surface area is 414 Å². The van der Waals surface area contributed by atoms with Gasteiger partial charge in [-0.15, -0.1) is 11.8 Å². The normalized spacial score (nSPS) is 14.8. The molecule has 6 rings (SSSR count). The summed E-state index contributed by atoms with van der Waals surface area (Å²) in [5.41, 5.74) is 9.80. The van der Waals surface area contributed by atoms with Crippen molar-refractivity contribution >= 4 is 47.6 Å². The van der Waals surface area contributed by atoms with E-state index in [0.29, 0.717) is 5.56 Å². The molecule has 70 heavy (non-hydrogen) atoms. The van der Waals surface area contributed by atoms with Gasteiger partial charge in [0.05, 0.1) is 24.3 Å². The number of hydrogen-bond acceptors (Lipinski definition) is 10. The highest BCUT2D eigenvalue weighted by Crippen LogP contribution is 2.48. The summed E-state index contributed by atoms with van der Waals surface area (Å²) < 4.78 is 15.9. The van der Waals surface area contributed by atoms with E-state index in [1.54, 1.807) is 46.4 Å². The average molecular weight is 970 g/mol. The van der Waals surface area contributed by atoms with Gasteiger partial charge in [-0.1, -0.05) is 159 Å². The fraction of sp³-hybridized carbons (Fsp3) is 0.345. The predicted octanol–water partition coefficient (Wildman–Crippen LogP) is 7.76. The maximum absolute atomic E-state index is 15.6. The maximum atomic E-state index is 15.6. The van der Waals surface area contributed by atoms with Gasteiger partial charge >= 0.3 is 18.2 Å². The summed E-state index contributed by atoms with van der Waals surface area (Å²) in [6.07, 6.45) is -2.03. The van der Waals surface area contributed by atoms with Crippen molar-refractivity contribution in [1.82, 2.24) is 20.4 Å². The zero-order valence-corrected chi connectivity index (χ0v) is 41.4. The van der Waals surface area contributed by atoms with E-state index in [4.69, 9.17) is 19.9 Å². The average Bonchev–Trinajstić information content (AvgIpc) is 3.35. The van der Waals surface area contributed by atoms with Crippen LogP contribution in [-0.4, -0.2) is 94.9 Å². The molecule has 15 heteroatoms. The molecule has 14 nitrogen and oxygen atoms in total. The first-order valence-electron chi connectivity index (χ1n) is 23.3. The van der Waals surface area contributed by atoms with E-state index in [0.717, 1.165) is 34.9 Å².